The molecule has 1 unspecified atom stereocenters. The molecule has 0 rings (SSSR count). The smallest absolute Gasteiger partial charge is 0.139 e. The van der Waals surface area contributed by atoms with Crippen molar-refractivity contribution in [3.8, 4) is 0 Å². The molecule has 0 saturated carbocycles. The van der Waals surface area contributed by atoms with Gasteiger partial charge in [-0.25, -0.2) is 0 Å². The minimum Gasteiger partial charge on any atom is -0.299 e. The van der Waals surface area contributed by atoms with E-state index < -0.39 is 0 Å². The predicted molar refractivity (Wildman–Crippen MR) is 44.7 cm³/mol. The highest BCUT2D eigenvalue weighted by atomic mass is 16.1. The third kappa shape index (κ3) is 5.83. The first-order valence-electron chi connectivity index (χ1n) is 3.85. The SMILES string of the molecule is [B]C(C)CC(=O)CC(=O)CC. The van der Waals surface area contributed by atoms with Gasteiger partial charge in [0.05, 0.1) is 14.3 Å². The van der Waals surface area contributed by atoms with Gasteiger partial charge in [-0.15, -0.1) is 0 Å². The second kappa shape index (κ2) is 5.11. The predicted octanol–water partition coefficient (Wildman–Crippen LogP) is 1.29. The third-order valence-corrected chi connectivity index (χ3v) is 1.34. The van der Waals surface area contributed by atoms with E-state index in [2.05, 4.69) is 0 Å². The number of Topliss-reactive ketones (excluding diaryl/α,β-unsaturated/α-hetero) is 2. The fourth-order valence-corrected chi connectivity index (χ4v) is 0.776. The summed E-state index contributed by atoms with van der Waals surface area (Å²) in [7, 11) is 5.38. The molecule has 0 aromatic rings. The first-order valence-corrected chi connectivity index (χ1v) is 3.85. The maximum absolute atomic E-state index is 10.9. The Morgan fingerprint density at radius 2 is 1.91 bits per heavy atom. The van der Waals surface area contributed by atoms with Crippen LogP contribution in [0.15, 0.2) is 0 Å². The lowest BCUT2D eigenvalue weighted by molar-refractivity contribution is -0.126. The molecule has 0 N–H and O–H groups in total. The van der Waals surface area contributed by atoms with Gasteiger partial charge in [-0.2, -0.15) is 0 Å². The average Bonchev–Trinajstić information content (AvgIpc) is 1.85. The van der Waals surface area contributed by atoms with Crippen LogP contribution in [0.3, 0.4) is 0 Å². The van der Waals surface area contributed by atoms with E-state index in [1.54, 1.807) is 13.8 Å². The summed E-state index contributed by atoms with van der Waals surface area (Å²) in [4.78, 5) is 21.7. The highest BCUT2D eigenvalue weighted by molar-refractivity contribution is 6.13. The Hall–Kier alpha value is -0.595. The van der Waals surface area contributed by atoms with Crippen molar-refractivity contribution in [2.45, 2.75) is 38.9 Å². The van der Waals surface area contributed by atoms with Gasteiger partial charge in [-0.05, 0) is 0 Å². The van der Waals surface area contributed by atoms with Gasteiger partial charge >= 0.3 is 0 Å². The summed E-state index contributed by atoms with van der Waals surface area (Å²) in [5, 5.41) is 0. The van der Waals surface area contributed by atoms with E-state index in [4.69, 9.17) is 7.85 Å². The van der Waals surface area contributed by atoms with Crippen molar-refractivity contribution >= 4 is 19.4 Å². The zero-order valence-electron chi connectivity index (χ0n) is 7.09. The summed E-state index contributed by atoms with van der Waals surface area (Å²) < 4.78 is 0. The fourth-order valence-electron chi connectivity index (χ4n) is 0.776. The minimum atomic E-state index is -0.132. The van der Waals surface area contributed by atoms with Crippen molar-refractivity contribution < 1.29 is 9.59 Å². The number of carbonyl (C=O) groups is 2. The van der Waals surface area contributed by atoms with Gasteiger partial charge < -0.3 is 0 Å². The summed E-state index contributed by atoms with van der Waals surface area (Å²) in [6.07, 6.45) is 0.800. The second-order valence-electron chi connectivity index (χ2n) is 2.79. The molecule has 0 spiro atoms. The number of hydrogen-bond acceptors (Lipinski definition) is 2. The fraction of sp³-hybridized carbons (Fsp3) is 0.750. The van der Waals surface area contributed by atoms with Gasteiger partial charge in [0, 0.05) is 12.8 Å². The van der Waals surface area contributed by atoms with Crippen LogP contribution in [-0.4, -0.2) is 19.4 Å². The first kappa shape index (κ1) is 10.4. The standard InChI is InChI=1S/C8H13BO2/c1-3-7(10)5-8(11)4-6(2)9/h6H,3-5H2,1-2H3. The molecule has 0 aliphatic heterocycles. The quantitative estimate of drug-likeness (QED) is 0.439. The van der Waals surface area contributed by atoms with E-state index in [9.17, 15) is 9.59 Å². The molecule has 0 heterocycles. The van der Waals surface area contributed by atoms with E-state index in [-0.39, 0.29) is 23.8 Å². The summed E-state index contributed by atoms with van der Waals surface area (Å²) >= 11 is 0. The maximum atomic E-state index is 10.9. The van der Waals surface area contributed by atoms with Crippen molar-refractivity contribution in [3.05, 3.63) is 0 Å². The lowest BCUT2D eigenvalue weighted by Gasteiger charge is -2.01. The Balaban J connectivity index is 3.61. The monoisotopic (exact) mass is 152 g/mol. The number of rotatable bonds is 5. The normalized spacial score (nSPS) is 12.5. The molecular weight excluding hydrogens is 139 g/mol. The molecule has 2 nitrogen and oxygen atoms in total. The van der Waals surface area contributed by atoms with Crippen LogP contribution in [0.4, 0.5) is 0 Å². The van der Waals surface area contributed by atoms with Crippen LogP contribution < -0.4 is 0 Å². The molecule has 1 atom stereocenters. The average molecular weight is 152 g/mol. The Morgan fingerprint density at radius 3 is 2.27 bits per heavy atom. The summed E-state index contributed by atoms with van der Waals surface area (Å²) in [5.74, 6) is -0.186. The molecule has 0 bridgehead atoms. The zero-order chi connectivity index (χ0) is 8.85. The van der Waals surface area contributed by atoms with Crippen LogP contribution in [0.5, 0.6) is 0 Å². The Labute approximate surface area is 68.8 Å². The van der Waals surface area contributed by atoms with Crippen LogP contribution in [0, 0.1) is 0 Å². The molecule has 2 radical (unpaired) electrons. The summed E-state index contributed by atoms with van der Waals surface area (Å²) in [6, 6.07) is 0. The van der Waals surface area contributed by atoms with Crippen molar-refractivity contribution in [1.29, 1.82) is 0 Å². The van der Waals surface area contributed by atoms with Gasteiger partial charge in [0.1, 0.15) is 11.6 Å². The van der Waals surface area contributed by atoms with Gasteiger partial charge in [-0.3, -0.25) is 9.59 Å². The molecule has 60 valence electrons. The molecule has 0 saturated heterocycles. The molecule has 3 heteroatoms. The van der Waals surface area contributed by atoms with Gasteiger partial charge in [0.15, 0.2) is 0 Å². The van der Waals surface area contributed by atoms with E-state index in [1.807, 2.05) is 0 Å². The Morgan fingerprint density at radius 1 is 1.36 bits per heavy atom. The zero-order valence-corrected chi connectivity index (χ0v) is 7.09. The molecular formula is C8H13BO2. The topological polar surface area (TPSA) is 34.1 Å². The lowest BCUT2D eigenvalue weighted by atomic mass is 9.84. The van der Waals surface area contributed by atoms with Crippen molar-refractivity contribution in [2.75, 3.05) is 0 Å². The second-order valence-corrected chi connectivity index (χ2v) is 2.79. The van der Waals surface area contributed by atoms with E-state index in [0.717, 1.165) is 0 Å². The molecule has 0 aromatic carbocycles. The molecule has 0 fully saturated rings. The Bertz CT molecular complexity index is 152. The van der Waals surface area contributed by atoms with E-state index >= 15 is 0 Å². The van der Waals surface area contributed by atoms with Gasteiger partial charge in [0.2, 0.25) is 0 Å². The molecule has 0 aliphatic carbocycles. The minimum absolute atomic E-state index is 0.00403. The summed E-state index contributed by atoms with van der Waals surface area (Å²) in [6.45, 7) is 3.51. The molecule has 0 amide bonds. The molecule has 0 aliphatic rings. The summed E-state index contributed by atoms with van der Waals surface area (Å²) in [5.41, 5.74) is 0. The van der Waals surface area contributed by atoms with Crippen LogP contribution in [-0.2, 0) is 9.59 Å². The van der Waals surface area contributed by atoms with Crippen molar-refractivity contribution in [1.82, 2.24) is 0 Å². The highest BCUT2D eigenvalue weighted by Gasteiger charge is 2.08. The van der Waals surface area contributed by atoms with Crippen molar-refractivity contribution in [3.63, 3.8) is 0 Å². The van der Waals surface area contributed by atoms with E-state index in [1.165, 1.54) is 0 Å². The van der Waals surface area contributed by atoms with Crippen LogP contribution in [0.25, 0.3) is 0 Å². The van der Waals surface area contributed by atoms with Crippen LogP contribution >= 0.6 is 0 Å². The van der Waals surface area contributed by atoms with Crippen LogP contribution in [0.1, 0.15) is 33.1 Å². The lowest BCUT2D eigenvalue weighted by Crippen LogP contribution is -2.08. The Kier molecular flexibility index (Phi) is 4.83. The highest BCUT2D eigenvalue weighted by Crippen LogP contribution is 2.06. The number of carbonyl (C=O) groups excluding carboxylic acids is 2. The van der Waals surface area contributed by atoms with E-state index in [0.29, 0.717) is 12.8 Å². The maximum Gasteiger partial charge on any atom is 0.139 e. The first-order chi connectivity index (χ1) is 5.06. The largest absolute Gasteiger partial charge is 0.299 e. The third-order valence-electron chi connectivity index (χ3n) is 1.34. The number of ketones is 2. The number of hydrogen-bond donors (Lipinski definition) is 0. The molecule has 0 aromatic heterocycles. The van der Waals surface area contributed by atoms with Gasteiger partial charge in [-0.1, -0.05) is 19.7 Å². The molecule has 11 heavy (non-hydrogen) atoms. The van der Waals surface area contributed by atoms with Gasteiger partial charge in [0.25, 0.3) is 0 Å². The van der Waals surface area contributed by atoms with Crippen molar-refractivity contribution in [2.24, 2.45) is 0 Å². The van der Waals surface area contributed by atoms with Crippen LogP contribution in [0.2, 0.25) is 5.82 Å².